The third-order valence-electron chi connectivity index (χ3n) is 2.81. The maximum Gasteiger partial charge on any atom is 0.321 e. The van der Waals surface area contributed by atoms with Crippen LogP contribution >= 0.6 is 0 Å². The van der Waals surface area contributed by atoms with Gasteiger partial charge in [-0.3, -0.25) is 10.1 Å². The minimum Gasteiger partial charge on any atom is -0.480 e. The van der Waals surface area contributed by atoms with Crippen molar-refractivity contribution in [2.75, 3.05) is 0 Å². The Morgan fingerprint density at radius 2 is 2.50 bits per heavy atom. The van der Waals surface area contributed by atoms with Crippen LogP contribution < -0.4 is 5.32 Å². The third-order valence-corrected chi connectivity index (χ3v) is 2.81. The lowest BCUT2D eigenvalue weighted by Gasteiger charge is -2.22. The van der Waals surface area contributed by atoms with E-state index in [0.29, 0.717) is 18.9 Å². The first-order valence-electron chi connectivity index (χ1n) is 5.57. The van der Waals surface area contributed by atoms with Gasteiger partial charge in [0.2, 0.25) is 0 Å². The van der Waals surface area contributed by atoms with Gasteiger partial charge in [-0.1, -0.05) is 13.8 Å². The standard InChI is InChI=1S/C11H17N3O2/c1-7(2)5-14-6-13-9-4-12-8(11(15)16)3-10(9)14/h6-8,12H,3-5H2,1-2H3,(H,15,16). The van der Waals surface area contributed by atoms with Crippen LogP contribution in [-0.2, 0) is 24.3 Å². The second kappa shape index (κ2) is 4.25. The molecule has 5 heteroatoms. The van der Waals surface area contributed by atoms with E-state index in [2.05, 4.69) is 28.7 Å². The molecule has 0 fully saturated rings. The molecule has 5 nitrogen and oxygen atoms in total. The molecule has 2 N–H and O–H groups in total. The van der Waals surface area contributed by atoms with Gasteiger partial charge in [0, 0.05) is 25.2 Å². The Balaban J connectivity index is 2.21. The van der Waals surface area contributed by atoms with Gasteiger partial charge in [-0.2, -0.15) is 0 Å². The number of aliphatic carboxylic acids is 1. The fourth-order valence-corrected chi connectivity index (χ4v) is 2.04. The van der Waals surface area contributed by atoms with Crippen LogP contribution in [0.3, 0.4) is 0 Å². The summed E-state index contributed by atoms with van der Waals surface area (Å²) >= 11 is 0. The Kier molecular flexibility index (Phi) is 2.96. The van der Waals surface area contributed by atoms with Gasteiger partial charge in [0.1, 0.15) is 6.04 Å². The highest BCUT2D eigenvalue weighted by Gasteiger charge is 2.26. The Bertz CT molecular complexity index is 398. The maximum absolute atomic E-state index is 10.9. The van der Waals surface area contributed by atoms with E-state index in [-0.39, 0.29) is 0 Å². The number of hydrogen-bond acceptors (Lipinski definition) is 3. The molecule has 1 aromatic heterocycles. The van der Waals surface area contributed by atoms with Crippen molar-refractivity contribution in [2.45, 2.75) is 39.4 Å². The number of nitrogens with one attached hydrogen (secondary N) is 1. The smallest absolute Gasteiger partial charge is 0.321 e. The predicted octanol–water partition coefficient (Wildman–Crippen LogP) is 0.638. The summed E-state index contributed by atoms with van der Waals surface area (Å²) in [7, 11) is 0. The van der Waals surface area contributed by atoms with Crippen LogP contribution in [-0.4, -0.2) is 26.7 Å². The number of nitrogens with zero attached hydrogens (tertiary/aromatic N) is 2. The number of carboxylic acids is 1. The van der Waals surface area contributed by atoms with E-state index in [1.807, 2.05) is 6.33 Å². The molecule has 0 spiro atoms. The van der Waals surface area contributed by atoms with Crippen LogP contribution in [0, 0.1) is 5.92 Å². The zero-order chi connectivity index (χ0) is 11.7. The molecule has 1 unspecified atom stereocenters. The van der Waals surface area contributed by atoms with Gasteiger partial charge < -0.3 is 9.67 Å². The van der Waals surface area contributed by atoms with Gasteiger partial charge in [-0.25, -0.2) is 4.98 Å². The summed E-state index contributed by atoms with van der Waals surface area (Å²) in [5, 5.41) is 11.9. The number of aromatic nitrogens is 2. The van der Waals surface area contributed by atoms with Crippen LogP contribution in [0.4, 0.5) is 0 Å². The first-order chi connectivity index (χ1) is 7.58. The molecule has 0 radical (unpaired) electrons. The van der Waals surface area contributed by atoms with Gasteiger partial charge in [0.15, 0.2) is 0 Å². The molecule has 0 amide bonds. The van der Waals surface area contributed by atoms with E-state index in [0.717, 1.165) is 17.9 Å². The maximum atomic E-state index is 10.9. The second-order valence-electron chi connectivity index (χ2n) is 4.66. The average Bonchev–Trinajstić information content (AvgIpc) is 2.60. The molecular weight excluding hydrogens is 206 g/mol. The number of imidazole rings is 1. The molecule has 0 aliphatic carbocycles. The fourth-order valence-electron chi connectivity index (χ4n) is 2.04. The van der Waals surface area contributed by atoms with Crippen molar-refractivity contribution in [2.24, 2.45) is 5.92 Å². The number of hydrogen-bond donors (Lipinski definition) is 2. The number of carbonyl (C=O) groups is 1. The van der Waals surface area contributed by atoms with E-state index < -0.39 is 12.0 Å². The third kappa shape index (κ3) is 2.09. The lowest BCUT2D eigenvalue weighted by molar-refractivity contribution is -0.139. The molecule has 0 aromatic carbocycles. The average molecular weight is 223 g/mol. The highest BCUT2D eigenvalue weighted by atomic mass is 16.4. The Hall–Kier alpha value is -1.36. The van der Waals surface area contributed by atoms with Crippen molar-refractivity contribution in [1.29, 1.82) is 0 Å². The van der Waals surface area contributed by atoms with E-state index >= 15 is 0 Å². The largest absolute Gasteiger partial charge is 0.480 e. The van der Waals surface area contributed by atoms with Crippen LogP contribution in [0.25, 0.3) is 0 Å². The first-order valence-corrected chi connectivity index (χ1v) is 5.57. The lowest BCUT2D eigenvalue weighted by atomic mass is 10.0. The summed E-state index contributed by atoms with van der Waals surface area (Å²) in [6, 6.07) is -0.477. The quantitative estimate of drug-likeness (QED) is 0.789. The van der Waals surface area contributed by atoms with Crippen molar-refractivity contribution in [3.8, 4) is 0 Å². The van der Waals surface area contributed by atoms with Crippen molar-refractivity contribution in [3.63, 3.8) is 0 Å². The molecule has 16 heavy (non-hydrogen) atoms. The summed E-state index contributed by atoms with van der Waals surface area (Å²) in [5.41, 5.74) is 2.05. The number of rotatable bonds is 3. The Morgan fingerprint density at radius 1 is 1.75 bits per heavy atom. The second-order valence-corrected chi connectivity index (χ2v) is 4.66. The summed E-state index contributed by atoms with van der Waals surface area (Å²) in [5.74, 6) is -0.251. The monoisotopic (exact) mass is 223 g/mol. The summed E-state index contributed by atoms with van der Waals surface area (Å²) in [6.45, 7) is 5.73. The predicted molar refractivity (Wildman–Crippen MR) is 59.0 cm³/mol. The molecule has 1 aromatic rings. The molecule has 0 saturated heterocycles. The van der Waals surface area contributed by atoms with Gasteiger partial charge in [0.05, 0.1) is 12.0 Å². The molecule has 0 saturated carbocycles. The van der Waals surface area contributed by atoms with Crippen molar-refractivity contribution >= 4 is 5.97 Å². The minimum absolute atomic E-state index is 0.477. The van der Waals surface area contributed by atoms with Gasteiger partial charge >= 0.3 is 5.97 Å². The number of carboxylic acid groups (broad SMARTS) is 1. The lowest BCUT2D eigenvalue weighted by Crippen LogP contribution is -2.42. The van der Waals surface area contributed by atoms with Gasteiger partial charge in [-0.05, 0) is 5.92 Å². The fraction of sp³-hybridized carbons (Fsp3) is 0.636. The molecule has 1 aliphatic heterocycles. The van der Waals surface area contributed by atoms with Crippen LogP contribution in [0.5, 0.6) is 0 Å². The zero-order valence-corrected chi connectivity index (χ0v) is 9.60. The summed E-state index contributed by atoms with van der Waals surface area (Å²) in [6.07, 6.45) is 2.34. The van der Waals surface area contributed by atoms with Crippen molar-refractivity contribution in [1.82, 2.24) is 14.9 Å². The van der Waals surface area contributed by atoms with Crippen LogP contribution in [0.1, 0.15) is 25.2 Å². The molecule has 2 rings (SSSR count). The highest BCUT2D eigenvalue weighted by Crippen LogP contribution is 2.17. The van der Waals surface area contributed by atoms with Crippen molar-refractivity contribution < 1.29 is 9.90 Å². The topological polar surface area (TPSA) is 67.2 Å². The summed E-state index contributed by atoms with van der Waals surface area (Å²) < 4.78 is 2.08. The van der Waals surface area contributed by atoms with E-state index in [9.17, 15) is 4.79 Å². The van der Waals surface area contributed by atoms with Gasteiger partial charge in [-0.15, -0.1) is 0 Å². The highest BCUT2D eigenvalue weighted by molar-refractivity contribution is 5.74. The molecule has 2 heterocycles. The molecular formula is C11H17N3O2. The molecule has 1 aliphatic rings. The van der Waals surface area contributed by atoms with Gasteiger partial charge in [0.25, 0.3) is 0 Å². The SMILES string of the molecule is CC(C)Cn1cnc2c1CC(C(=O)O)NC2. The van der Waals surface area contributed by atoms with Crippen molar-refractivity contribution in [3.05, 3.63) is 17.7 Å². The Morgan fingerprint density at radius 3 is 3.12 bits per heavy atom. The van der Waals surface area contributed by atoms with E-state index in [4.69, 9.17) is 5.11 Å². The Labute approximate surface area is 94.5 Å². The molecule has 0 bridgehead atoms. The zero-order valence-electron chi connectivity index (χ0n) is 9.60. The van der Waals surface area contributed by atoms with Crippen LogP contribution in [0.15, 0.2) is 6.33 Å². The number of fused-ring (bicyclic) bond motifs is 1. The van der Waals surface area contributed by atoms with Crippen LogP contribution in [0.2, 0.25) is 0 Å². The minimum atomic E-state index is -0.789. The molecule has 88 valence electrons. The first kappa shape index (κ1) is 11.1. The van der Waals surface area contributed by atoms with E-state index in [1.54, 1.807) is 0 Å². The summed E-state index contributed by atoms with van der Waals surface area (Å²) in [4.78, 5) is 15.2. The molecule has 1 atom stereocenters. The van der Waals surface area contributed by atoms with E-state index in [1.165, 1.54) is 0 Å². The normalized spacial score (nSPS) is 19.8.